The second kappa shape index (κ2) is 7.38. The molecule has 1 heterocycles. The van der Waals surface area contributed by atoms with E-state index in [1.807, 2.05) is 6.92 Å². The van der Waals surface area contributed by atoms with Crippen molar-refractivity contribution >= 4 is 23.8 Å². The van der Waals surface area contributed by atoms with E-state index < -0.39 is 41.9 Å². The zero-order valence-electron chi connectivity index (χ0n) is 15.1. The maximum absolute atomic E-state index is 12.9. The van der Waals surface area contributed by atoms with Crippen LogP contribution in [0.2, 0.25) is 0 Å². The molecule has 2 fully saturated rings. The third kappa shape index (κ3) is 3.51. The van der Waals surface area contributed by atoms with E-state index in [1.54, 1.807) is 30.3 Å². The minimum absolute atomic E-state index is 0.00755. The van der Waals surface area contributed by atoms with Gasteiger partial charge in [0.15, 0.2) is 6.04 Å². The normalized spacial score (nSPS) is 26.0. The molecule has 1 saturated heterocycles. The molecule has 3 rings (SSSR count). The van der Waals surface area contributed by atoms with Crippen molar-refractivity contribution < 1.29 is 24.3 Å². The van der Waals surface area contributed by atoms with E-state index in [9.17, 15) is 24.3 Å². The van der Waals surface area contributed by atoms with Crippen molar-refractivity contribution in [2.75, 3.05) is 6.54 Å². The summed E-state index contributed by atoms with van der Waals surface area (Å²) in [5.41, 5.74) is -0.533. The minimum Gasteiger partial charge on any atom is -0.479 e. The summed E-state index contributed by atoms with van der Waals surface area (Å²) in [7, 11) is 0. The van der Waals surface area contributed by atoms with Crippen LogP contribution in [0.5, 0.6) is 0 Å². The van der Waals surface area contributed by atoms with E-state index in [2.05, 4.69) is 10.6 Å². The highest BCUT2D eigenvalue weighted by atomic mass is 16.4. The Morgan fingerprint density at radius 3 is 2.63 bits per heavy atom. The predicted molar refractivity (Wildman–Crippen MR) is 95.6 cm³/mol. The SMILES string of the molecule is CC1CCCCC12NC(=O)N(CC(=O)N[C@H](C(=O)O)c1ccccc1)C2=O. The smallest absolute Gasteiger partial charge is 0.330 e. The van der Waals surface area contributed by atoms with Crippen LogP contribution >= 0.6 is 0 Å². The number of benzene rings is 1. The van der Waals surface area contributed by atoms with Crippen LogP contribution in [0.4, 0.5) is 4.79 Å². The van der Waals surface area contributed by atoms with Gasteiger partial charge in [0.1, 0.15) is 12.1 Å². The molecule has 2 aliphatic rings. The van der Waals surface area contributed by atoms with Crippen LogP contribution in [0.15, 0.2) is 30.3 Å². The number of carboxylic acid groups (broad SMARTS) is 1. The van der Waals surface area contributed by atoms with Gasteiger partial charge in [-0.2, -0.15) is 0 Å². The number of urea groups is 1. The number of nitrogens with zero attached hydrogens (tertiary/aromatic N) is 1. The fourth-order valence-electron chi connectivity index (χ4n) is 3.92. The van der Waals surface area contributed by atoms with E-state index >= 15 is 0 Å². The number of amides is 4. The van der Waals surface area contributed by atoms with Gasteiger partial charge in [-0.1, -0.05) is 50.1 Å². The zero-order chi connectivity index (χ0) is 19.6. The van der Waals surface area contributed by atoms with Gasteiger partial charge in [-0.15, -0.1) is 0 Å². The standard InChI is InChI=1S/C19H23N3O5/c1-12-7-5-6-10-19(12)17(26)22(18(27)21-19)11-14(23)20-15(16(24)25)13-8-3-2-4-9-13/h2-4,8-9,12,15H,5-7,10-11H2,1H3,(H,20,23)(H,21,27)(H,24,25)/t12?,15-,19?/m0/s1. The average Bonchev–Trinajstić information content (AvgIpc) is 2.88. The first-order valence-electron chi connectivity index (χ1n) is 9.06. The maximum Gasteiger partial charge on any atom is 0.330 e. The molecule has 1 spiro atoms. The van der Waals surface area contributed by atoms with E-state index in [0.29, 0.717) is 12.0 Å². The number of aliphatic carboxylic acids is 1. The molecule has 0 bridgehead atoms. The molecule has 4 amide bonds. The first-order chi connectivity index (χ1) is 12.8. The van der Waals surface area contributed by atoms with Gasteiger partial charge in [0.05, 0.1) is 0 Å². The Kier molecular flexibility index (Phi) is 5.16. The van der Waals surface area contributed by atoms with Gasteiger partial charge in [0.25, 0.3) is 5.91 Å². The number of hydrogen-bond donors (Lipinski definition) is 3. The van der Waals surface area contributed by atoms with Crippen molar-refractivity contribution in [1.29, 1.82) is 0 Å². The molecule has 1 aliphatic carbocycles. The summed E-state index contributed by atoms with van der Waals surface area (Å²) in [5.74, 6) is -2.33. The zero-order valence-corrected chi connectivity index (χ0v) is 15.1. The Balaban J connectivity index is 1.71. The Morgan fingerprint density at radius 1 is 1.30 bits per heavy atom. The van der Waals surface area contributed by atoms with Gasteiger partial charge < -0.3 is 15.7 Å². The molecule has 1 aromatic carbocycles. The predicted octanol–water partition coefficient (Wildman–Crippen LogP) is 1.43. The summed E-state index contributed by atoms with van der Waals surface area (Å²) in [6.07, 6.45) is 3.23. The maximum atomic E-state index is 12.9. The molecular weight excluding hydrogens is 350 g/mol. The quantitative estimate of drug-likeness (QED) is 0.675. The van der Waals surface area contributed by atoms with Crippen molar-refractivity contribution in [2.45, 2.75) is 44.2 Å². The molecule has 0 aromatic heterocycles. The molecule has 1 aromatic rings. The van der Waals surface area contributed by atoms with Crippen LogP contribution in [-0.4, -0.2) is 45.9 Å². The molecule has 0 radical (unpaired) electrons. The number of nitrogens with one attached hydrogen (secondary N) is 2. The van der Waals surface area contributed by atoms with E-state index in [-0.39, 0.29) is 5.92 Å². The fourth-order valence-corrected chi connectivity index (χ4v) is 3.92. The number of rotatable bonds is 5. The molecule has 2 unspecified atom stereocenters. The molecule has 1 saturated carbocycles. The average molecular weight is 373 g/mol. The first kappa shape index (κ1) is 18.9. The first-order valence-corrected chi connectivity index (χ1v) is 9.06. The number of imide groups is 1. The molecule has 1 aliphatic heterocycles. The van der Waals surface area contributed by atoms with E-state index in [0.717, 1.165) is 24.2 Å². The van der Waals surface area contributed by atoms with Crippen molar-refractivity contribution in [3.8, 4) is 0 Å². The van der Waals surface area contributed by atoms with Crippen LogP contribution < -0.4 is 10.6 Å². The van der Waals surface area contributed by atoms with Crippen molar-refractivity contribution in [3.63, 3.8) is 0 Å². The van der Waals surface area contributed by atoms with Crippen LogP contribution in [0, 0.1) is 5.92 Å². The van der Waals surface area contributed by atoms with Crippen LogP contribution in [-0.2, 0) is 14.4 Å². The molecule has 3 N–H and O–H groups in total. The molecule has 8 heteroatoms. The van der Waals surface area contributed by atoms with Crippen LogP contribution in [0.1, 0.15) is 44.2 Å². The molecule has 27 heavy (non-hydrogen) atoms. The molecule has 144 valence electrons. The monoisotopic (exact) mass is 373 g/mol. The minimum atomic E-state index is -1.25. The van der Waals surface area contributed by atoms with Gasteiger partial charge in [0.2, 0.25) is 5.91 Å². The van der Waals surface area contributed by atoms with E-state index in [4.69, 9.17) is 0 Å². The highest BCUT2D eigenvalue weighted by Gasteiger charge is 2.55. The number of carbonyl (C=O) groups is 4. The van der Waals surface area contributed by atoms with Crippen LogP contribution in [0.3, 0.4) is 0 Å². The van der Waals surface area contributed by atoms with E-state index in [1.165, 1.54) is 0 Å². The lowest BCUT2D eigenvalue weighted by Crippen LogP contribution is -2.54. The van der Waals surface area contributed by atoms with Crippen molar-refractivity contribution in [2.24, 2.45) is 5.92 Å². The highest BCUT2D eigenvalue weighted by molar-refractivity contribution is 6.09. The number of carbonyl (C=O) groups excluding carboxylic acids is 3. The summed E-state index contributed by atoms with van der Waals surface area (Å²) in [6.45, 7) is 1.42. The second-order valence-corrected chi connectivity index (χ2v) is 7.19. The van der Waals surface area contributed by atoms with Gasteiger partial charge >= 0.3 is 12.0 Å². The Bertz CT molecular complexity index is 766. The lowest BCUT2D eigenvalue weighted by Gasteiger charge is -2.36. The largest absolute Gasteiger partial charge is 0.479 e. The lowest BCUT2D eigenvalue weighted by molar-refractivity contribution is -0.142. The molecule has 8 nitrogen and oxygen atoms in total. The molecule has 3 atom stereocenters. The summed E-state index contributed by atoms with van der Waals surface area (Å²) in [6, 6.07) is 6.41. The summed E-state index contributed by atoms with van der Waals surface area (Å²) in [5, 5.41) is 14.6. The number of hydrogen-bond acceptors (Lipinski definition) is 4. The van der Waals surface area contributed by atoms with Gasteiger partial charge in [0, 0.05) is 0 Å². The summed E-state index contributed by atoms with van der Waals surface area (Å²) < 4.78 is 0. The summed E-state index contributed by atoms with van der Waals surface area (Å²) in [4.78, 5) is 50.0. The van der Waals surface area contributed by atoms with Crippen molar-refractivity contribution in [3.05, 3.63) is 35.9 Å². The Morgan fingerprint density at radius 2 is 2.00 bits per heavy atom. The summed E-state index contributed by atoms with van der Waals surface area (Å²) >= 11 is 0. The third-order valence-electron chi connectivity index (χ3n) is 5.49. The van der Waals surface area contributed by atoms with Gasteiger partial charge in [-0.05, 0) is 24.3 Å². The Labute approximate surface area is 156 Å². The Hall–Kier alpha value is -2.90. The highest BCUT2D eigenvalue weighted by Crippen LogP contribution is 2.38. The second-order valence-electron chi connectivity index (χ2n) is 7.19. The van der Waals surface area contributed by atoms with Crippen molar-refractivity contribution in [1.82, 2.24) is 15.5 Å². The third-order valence-corrected chi connectivity index (χ3v) is 5.49. The topological polar surface area (TPSA) is 116 Å². The lowest BCUT2D eigenvalue weighted by atomic mass is 9.73. The van der Waals surface area contributed by atoms with Gasteiger partial charge in [-0.3, -0.25) is 14.5 Å². The van der Waals surface area contributed by atoms with Crippen LogP contribution in [0.25, 0.3) is 0 Å². The molecular formula is C19H23N3O5. The fraction of sp³-hybridized carbons (Fsp3) is 0.474. The number of carboxylic acids is 1. The van der Waals surface area contributed by atoms with Gasteiger partial charge in [-0.25, -0.2) is 9.59 Å².